The second-order valence-electron chi connectivity index (χ2n) is 5.07. The van der Waals surface area contributed by atoms with Gasteiger partial charge in [0.05, 0.1) is 7.11 Å². The molecule has 0 bridgehead atoms. The normalized spacial score (nSPS) is 21.4. The van der Waals surface area contributed by atoms with Crippen LogP contribution in [0.4, 0.5) is 0 Å². The molecule has 1 aliphatic rings. The summed E-state index contributed by atoms with van der Waals surface area (Å²) in [5, 5.41) is 7.93. The minimum absolute atomic E-state index is 0.00507. The van der Waals surface area contributed by atoms with Crippen molar-refractivity contribution < 1.29 is 17.9 Å². The largest absolute Gasteiger partial charge is 0.495 e. The summed E-state index contributed by atoms with van der Waals surface area (Å²) in [6, 6.07) is 4.65. The molecule has 1 aliphatic carbocycles. The molecule has 1 fully saturated rings. The van der Waals surface area contributed by atoms with E-state index < -0.39 is 10.0 Å². The number of carbonyl (C=O) groups excluding carboxylic acids is 1. The molecule has 0 heterocycles. The molecular formula is C13H18N2O4S. The fraction of sp³-hybridized carbons (Fsp3) is 0.462. The summed E-state index contributed by atoms with van der Waals surface area (Å²) in [6.45, 7) is 2.30. The van der Waals surface area contributed by atoms with Crippen molar-refractivity contribution in [1.29, 1.82) is 0 Å². The summed E-state index contributed by atoms with van der Waals surface area (Å²) in [5.41, 5.74) is 0.663. The maximum Gasteiger partial charge on any atom is 0.241 e. The van der Waals surface area contributed by atoms with Crippen LogP contribution in [0.1, 0.15) is 18.9 Å². The summed E-state index contributed by atoms with van der Waals surface area (Å²) in [5.74, 6) is 0.723. The lowest BCUT2D eigenvalue weighted by molar-refractivity contribution is -0.122. The average molecular weight is 298 g/mol. The number of hydrogen-bond acceptors (Lipinski definition) is 4. The van der Waals surface area contributed by atoms with Crippen LogP contribution < -0.4 is 15.2 Å². The minimum Gasteiger partial charge on any atom is -0.495 e. The van der Waals surface area contributed by atoms with Gasteiger partial charge in [0.15, 0.2) is 0 Å². The average Bonchev–Trinajstić information content (AvgIpc) is 3.12. The summed E-state index contributed by atoms with van der Waals surface area (Å²) in [7, 11) is -2.48. The molecule has 0 saturated heterocycles. The van der Waals surface area contributed by atoms with Gasteiger partial charge >= 0.3 is 0 Å². The fourth-order valence-electron chi connectivity index (χ4n) is 2.06. The molecule has 0 aliphatic heterocycles. The number of sulfonamides is 1. The number of rotatable bonds is 5. The number of hydrogen-bond donors (Lipinski definition) is 2. The summed E-state index contributed by atoms with van der Waals surface area (Å²) in [4.78, 5) is 11.6. The number of nitrogens with one attached hydrogen (secondary N) is 1. The van der Waals surface area contributed by atoms with Crippen LogP contribution in [0.25, 0.3) is 0 Å². The molecule has 2 rings (SSSR count). The van der Waals surface area contributed by atoms with Crippen LogP contribution in [0.2, 0.25) is 0 Å². The number of primary sulfonamides is 1. The molecule has 0 aromatic heterocycles. The zero-order valence-electron chi connectivity index (χ0n) is 11.4. The van der Waals surface area contributed by atoms with Gasteiger partial charge in [0.1, 0.15) is 10.6 Å². The van der Waals surface area contributed by atoms with Gasteiger partial charge in [-0.2, -0.15) is 0 Å². The third-order valence-corrected chi connectivity index (χ3v) is 4.38. The smallest absolute Gasteiger partial charge is 0.241 e. The molecule has 2 unspecified atom stereocenters. The fourth-order valence-corrected chi connectivity index (χ4v) is 2.81. The number of carbonyl (C=O) groups is 1. The van der Waals surface area contributed by atoms with E-state index in [0.29, 0.717) is 11.5 Å². The standard InChI is InChI=1S/C13H18N2O4S/c1-8-5-10(8)13(16)15-7-9-3-4-11(19-2)12(6-9)20(14,17)18/h3-4,6,8,10H,5,7H2,1-2H3,(H,15,16)(H2,14,17,18). The number of benzene rings is 1. The zero-order valence-corrected chi connectivity index (χ0v) is 12.2. The third kappa shape index (κ3) is 3.29. The molecule has 2 atom stereocenters. The van der Waals surface area contributed by atoms with E-state index in [1.165, 1.54) is 19.2 Å². The number of methoxy groups -OCH3 is 1. The lowest BCUT2D eigenvalue weighted by atomic mass is 10.2. The zero-order chi connectivity index (χ0) is 14.9. The first-order chi connectivity index (χ1) is 9.32. The van der Waals surface area contributed by atoms with E-state index in [0.717, 1.165) is 6.42 Å². The van der Waals surface area contributed by atoms with E-state index >= 15 is 0 Å². The van der Waals surface area contributed by atoms with Crippen LogP contribution in [0.5, 0.6) is 5.75 Å². The Kier molecular flexibility index (Phi) is 4.01. The molecule has 1 aromatic rings. The van der Waals surface area contributed by atoms with Crippen LogP contribution in [0.15, 0.2) is 23.1 Å². The number of ether oxygens (including phenoxy) is 1. The van der Waals surface area contributed by atoms with Crippen molar-refractivity contribution in [1.82, 2.24) is 5.32 Å². The van der Waals surface area contributed by atoms with Gasteiger partial charge < -0.3 is 10.1 Å². The van der Waals surface area contributed by atoms with Crippen LogP contribution >= 0.6 is 0 Å². The van der Waals surface area contributed by atoms with E-state index in [-0.39, 0.29) is 29.0 Å². The molecule has 7 heteroatoms. The van der Waals surface area contributed by atoms with Gasteiger partial charge in [0, 0.05) is 12.5 Å². The van der Waals surface area contributed by atoms with Gasteiger partial charge in [-0.1, -0.05) is 13.0 Å². The highest BCUT2D eigenvalue weighted by atomic mass is 32.2. The second-order valence-corrected chi connectivity index (χ2v) is 6.60. The maximum absolute atomic E-state index is 11.7. The Morgan fingerprint density at radius 2 is 2.15 bits per heavy atom. The maximum atomic E-state index is 11.7. The SMILES string of the molecule is COc1ccc(CNC(=O)C2CC2C)cc1S(N)(=O)=O. The third-order valence-electron chi connectivity index (χ3n) is 3.45. The van der Waals surface area contributed by atoms with Crippen LogP contribution in [0, 0.1) is 11.8 Å². The lowest BCUT2D eigenvalue weighted by Gasteiger charge is -2.10. The van der Waals surface area contributed by atoms with Gasteiger partial charge in [-0.3, -0.25) is 4.79 Å². The van der Waals surface area contributed by atoms with Gasteiger partial charge in [0.2, 0.25) is 15.9 Å². The van der Waals surface area contributed by atoms with Crippen LogP contribution in [-0.2, 0) is 21.4 Å². The Hall–Kier alpha value is -1.60. The summed E-state index contributed by atoms with van der Waals surface area (Å²) < 4.78 is 27.9. The quantitative estimate of drug-likeness (QED) is 0.832. The topological polar surface area (TPSA) is 98.5 Å². The highest BCUT2D eigenvalue weighted by molar-refractivity contribution is 7.89. The van der Waals surface area contributed by atoms with E-state index in [9.17, 15) is 13.2 Å². The monoisotopic (exact) mass is 298 g/mol. The molecule has 1 saturated carbocycles. The Morgan fingerprint density at radius 1 is 1.50 bits per heavy atom. The molecule has 0 radical (unpaired) electrons. The Morgan fingerprint density at radius 3 is 2.65 bits per heavy atom. The Bertz CT molecular complexity index is 627. The predicted molar refractivity (Wildman–Crippen MR) is 73.5 cm³/mol. The van der Waals surface area contributed by atoms with Crippen molar-refractivity contribution in [2.45, 2.75) is 24.8 Å². The predicted octanol–water partition coefficient (Wildman–Crippen LogP) is 0.615. The highest BCUT2D eigenvalue weighted by Crippen LogP contribution is 2.37. The van der Waals surface area contributed by atoms with Crippen LogP contribution in [-0.4, -0.2) is 21.4 Å². The molecule has 6 nitrogen and oxygen atoms in total. The number of amides is 1. The first-order valence-electron chi connectivity index (χ1n) is 6.30. The first-order valence-corrected chi connectivity index (χ1v) is 7.85. The second kappa shape index (κ2) is 5.41. The molecule has 1 amide bonds. The molecule has 0 spiro atoms. The summed E-state index contributed by atoms with van der Waals surface area (Å²) >= 11 is 0. The van der Waals surface area contributed by atoms with E-state index in [2.05, 4.69) is 5.32 Å². The summed E-state index contributed by atoms with van der Waals surface area (Å²) in [6.07, 6.45) is 0.914. The van der Waals surface area contributed by atoms with Crippen molar-refractivity contribution in [2.24, 2.45) is 17.0 Å². The highest BCUT2D eigenvalue weighted by Gasteiger charge is 2.38. The van der Waals surface area contributed by atoms with Crippen LogP contribution in [0.3, 0.4) is 0 Å². The molecule has 20 heavy (non-hydrogen) atoms. The molecule has 110 valence electrons. The minimum atomic E-state index is -3.86. The van der Waals surface area contributed by atoms with Gasteiger partial charge in [-0.15, -0.1) is 0 Å². The number of nitrogens with two attached hydrogens (primary N) is 1. The molecule has 3 N–H and O–H groups in total. The van der Waals surface area contributed by atoms with Crippen molar-refractivity contribution in [3.63, 3.8) is 0 Å². The van der Waals surface area contributed by atoms with E-state index in [1.54, 1.807) is 6.07 Å². The molecular weight excluding hydrogens is 280 g/mol. The van der Waals surface area contributed by atoms with E-state index in [1.807, 2.05) is 6.92 Å². The van der Waals surface area contributed by atoms with E-state index in [4.69, 9.17) is 9.88 Å². The molecule has 1 aromatic carbocycles. The lowest BCUT2D eigenvalue weighted by Crippen LogP contribution is -2.25. The first kappa shape index (κ1) is 14.8. The van der Waals surface area contributed by atoms with Crippen molar-refractivity contribution >= 4 is 15.9 Å². The van der Waals surface area contributed by atoms with Gasteiger partial charge in [0.25, 0.3) is 0 Å². The Balaban J connectivity index is 2.11. The Labute approximate surface area is 118 Å². The van der Waals surface area contributed by atoms with Crippen molar-refractivity contribution in [3.05, 3.63) is 23.8 Å². The van der Waals surface area contributed by atoms with Gasteiger partial charge in [-0.25, -0.2) is 13.6 Å². The van der Waals surface area contributed by atoms with Crippen molar-refractivity contribution in [2.75, 3.05) is 7.11 Å². The van der Waals surface area contributed by atoms with Crippen molar-refractivity contribution in [3.8, 4) is 5.75 Å². The van der Waals surface area contributed by atoms with Gasteiger partial charge in [-0.05, 0) is 30.0 Å².